The first-order chi connectivity index (χ1) is 8.04. The summed E-state index contributed by atoms with van der Waals surface area (Å²) in [5, 5.41) is 0. The molecule has 94 valence electrons. The maximum atomic E-state index is 11.0. The van der Waals surface area contributed by atoms with Gasteiger partial charge in [-0.3, -0.25) is 4.79 Å². The zero-order valence-electron chi connectivity index (χ0n) is 11.1. The number of carbonyl (C=O) groups excluding carboxylic acids is 1. The van der Waals surface area contributed by atoms with E-state index in [2.05, 4.69) is 12.1 Å². The SMILES string of the molecule is COc1ccc(CCCN(C)C(C)=O)cc1C. The minimum atomic E-state index is 0.121. The Labute approximate surface area is 103 Å². The van der Waals surface area contributed by atoms with Crippen LogP contribution >= 0.6 is 0 Å². The maximum Gasteiger partial charge on any atom is 0.219 e. The number of amides is 1. The van der Waals surface area contributed by atoms with Gasteiger partial charge < -0.3 is 9.64 Å². The third kappa shape index (κ3) is 4.10. The molecule has 0 spiro atoms. The quantitative estimate of drug-likeness (QED) is 0.784. The number of nitrogens with zero attached hydrogens (tertiary/aromatic N) is 1. The van der Waals surface area contributed by atoms with Crippen LogP contribution in [0.4, 0.5) is 0 Å². The molecule has 0 aromatic heterocycles. The Morgan fingerprint density at radius 3 is 2.65 bits per heavy atom. The predicted molar refractivity (Wildman–Crippen MR) is 69.4 cm³/mol. The van der Waals surface area contributed by atoms with Gasteiger partial charge in [0.1, 0.15) is 5.75 Å². The molecule has 3 nitrogen and oxygen atoms in total. The highest BCUT2D eigenvalue weighted by Crippen LogP contribution is 2.19. The van der Waals surface area contributed by atoms with Gasteiger partial charge in [0.25, 0.3) is 0 Å². The number of ether oxygens (including phenoxy) is 1. The molecule has 0 N–H and O–H groups in total. The summed E-state index contributed by atoms with van der Waals surface area (Å²) in [4.78, 5) is 12.8. The highest BCUT2D eigenvalue weighted by Gasteiger charge is 2.03. The van der Waals surface area contributed by atoms with E-state index in [0.717, 1.165) is 30.7 Å². The minimum Gasteiger partial charge on any atom is -0.496 e. The first-order valence-corrected chi connectivity index (χ1v) is 5.90. The van der Waals surface area contributed by atoms with Crippen LogP contribution in [0.1, 0.15) is 24.5 Å². The Hall–Kier alpha value is -1.51. The Bertz CT molecular complexity index is 388. The van der Waals surface area contributed by atoms with Crippen LogP contribution in [0.25, 0.3) is 0 Å². The molecule has 0 saturated heterocycles. The number of hydrogen-bond acceptors (Lipinski definition) is 2. The third-order valence-corrected chi connectivity index (χ3v) is 2.96. The fourth-order valence-corrected chi connectivity index (χ4v) is 1.77. The Balaban J connectivity index is 2.47. The third-order valence-electron chi connectivity index (χ3n) is 2.96. The number of aryl methyl sites for hydroxylation is 2. The number of carbonyl (C=O) groups is 1. The Morgan fingerprint density at radius 2 is 2.12 bits per heavy atom. The van der Waals surface area contributed by atoms with E-state index in [0.29, 0.717) is 0 Å². The van der Waals surface area contributed by atoms with Gasteiger partial charge in [-0.15, -0.1) is 0 Å². The van der Waals surface area contributed by atoms with Crippen molar-refractivity contribution in [1.82, 2.24) is 4.90 Å². The van der Waals surface area contributed by atoms with Crippen LogP contribution < -0.4 is 4.74 Å². The van der Waals surface area contributed by atoms with Crippen molar-refractivity contribution in [3.63, 3.8) is 0 Å². The number of benzene rings is 1. The standard InChI is InChI=1S/C14H21NO2/c1-11-10-13(7-8-14(11)17-4)6-5-9-15(3)12(2)16/h7-8,10H,5-6,9H2,1-4H3. The summed E-state index contributed by atoms with van der Waals surface area (Å²) in [5.41, 5.74) is 2.45. The molecule has 0 aliphatic rings. The van der Waals surface area contributed by atoms with Gasteiger partial charge in [-0.1, -0.05) is 12.1 Å². The van der Waals surface area contributed by atoms with Crippen molar-refractivity contribution in [1.29, 1.82) is 0 Å². The van der Waals surface area contributed by atoms with Crippen molar-refractivity contribution < 1.29 is 9.53 Å². The van der Waals surface area contributed by atoms with Crippen LogP contribution in [0, 0.1) is 6.92 Å². The van der Waals surface area contributed by atoms with E-state index in [1.165, 1.54) is 5.56 Å². The molecule has 0 heterocycles. The fourth-order valence-electron chi connectivity index (χ4n) is 1.77. The smallest absolute Gasteiger partial charge is 0.219 e. The van der Waals surface area contributed by atoms with Gasteiger partial charge in [0.05, 0.1) is 7.11 Å². The lowest BCUT2D eigenvalue weighted by Crippen LogP contribution is -2.25. The lowest BCUT2D eigenvalue weighted by Gasteiger charge is -2.14. The molecule has 0 atom stereocenters. The Morgan fingerprint density at radius 1 is 1.41 bits per heavy atom. The average Bonchev–Trinajstić information content (AvgIpc) is 2.29. The molecule has 1 rings (SSSR count). The van der Waals surface area contributed by atoms with Gasteiger partial charge in [-0.2, -0.15) is 0 Å². The molecule has 0 unspecified atom stereocenters. The van der Waals surface area contributed by atoms with Crippen molar-refractivity contribution >= 4 is 5.91 Å². The minimum absolute atomic E-state index is 0.121. The topological polar surface area (TPSA) is 29.5 Å². The second-order valence-electron chi connectivity index (χ2n) is 4.35. The molecule has 0 radical (unpaired) electrons. The molecule has 0 aliphatic heterocycles. The van der Waals surface area contributed by atoms with Crippen molar-refractivity contribution in [2.45, 2.75) is 26.7 Å². The fraction of sp³-hybridized carbons (Fsp3) is 0.500. The summed E-state index contributed by atoms with van der Waals surface area (Å²) in [6.45, 7) is 4.45. The summed E-state index contributed by atoms with van der Waals surface area (Å²) < 4.78 is 5.22. The molecule has 0 saturated carbocycles. The van der Waals surface area contributed by atoms with Gasteiger partial charge in [-0.25, -0.2) is 0 Å². The van der Waals surface area contributed by atoms with Gasteiger partial charge in [0, 0.05) is 20.5 Å². The van der Waals surface area contributed by atoms with Crippen molar-refractivity contribution in [2.24, 2.45) is 0 Å². The zero-order valence-corrected chi connectivity index (χ0v) is 11.1. The molecule has 17 heavy (non-hydrogen) atoms. The molecule has 0 aliphatic carbocycles. The van der Waals surface area contributed by atoms with E-state index in [1.54, 1.807) is 18.9 Å². The number of methoxy groups -OCH3 is 1. The maximum absolute atomic E-state index is 11.0. The largest absolute Gasteiger partial charge is 0.496 e. The van der Waals surface area contributed by atoms with Crippen LogP contribution in [0.2, 0.25) is 0 Å². The van der Waals surface area contributed by atoms with E-state index >= 15 is 0 Å². The summed E-state index contributed by atoms with van der Waals surface area (Å²) in [5.74, 6) is 1.05. The van der Waals surface area contributed by atoms with Crippen LogP contribution in [-0.2, 0) is 11.2 Å². The first kappa shape index (κ1) is 13.6. The molecule has 3 heteroatoms. The normalized spacial score (nSPS) is 10.1. The monoisotopic (exact) mass is 235 g/mol. The van der Waals surface area contributed by atoms with Gasteiger partial charge in [0.15, 0.2) is 0 Å². The van der Waals surface area contributed by atoms with E-state index in [-0.39, 0.29) is 5.91 Å². The lowest BCUT2D eigenvalue weighted by atomic mass is 10.1. The second kappa shape index (κ2) is 6.28. The molecular formula is C14H21NO2. The van der Waals surface area contributed by atoms with Crippen molar-refractivity contribution in [3.8, 4) is 5.75 Å². The predicted octanol–water partition coefficient (Wildman–Crippen LogP) is 2.41. The number of hydrogen-bond donors (Lipinski definition) is 0. The summed E-state index contributed by atoms with van der Waals surface area (Å²) >= 11 is 0. The van der Waals surface area contributed by atoms with Crippen LogP contribution in [0.15, 0.2) is 18.2 Å². The highest BCUT2D eigenvalue weighted by molar-refractivity contribution is 5.72. The lowest BCUT2D eigenvalue weighted by molar-refractivity contribution is -0.127. The summed E-state index contributed by atoms with van der Waals surface area (Å²) in [7, 11) is 3.52. The van der Waals surface area contributed by atoms with Crippen molar-refractivity contribution in [3.05, 3.63) is 29.3 Å². The van der Waals surface area contributed by atoms with E-state index in [4.69, 9.17) is 4.74 Å². The molecule has 1 amide bonds. The van der Waals surface area contributed by atoms with Crippen LogP contribution in [0.5, 0.6) is 5.75 Å². The molecule has 1 aromatic carbocycles. The molecular weight excluding hydrogens is 214 g/mol. The second-order valence-corrected chi connectivity index (χ2v) is 4.35. The van der Waals surface area contributed by atoms with Gasteiger partial charge in [0.2, 0.25) is 5.91 Å². The van der Waals surface area contributed by atoms with Crippen LogP contribution in [-0.4, -0.2) is 31.5 Å². The average molecular weight is 235 g/mol. The molecule has 0 fully saturated rings. The first-order valence-electron chi connectivity index (χ1n) is 5.90. The zero-order chi connectivity index (χ0) is 12.8. The van der Waals surface area contributed by atoms with Gasteiger partial charge in [-0.05, 0) is 37.0 Å². The van der Waals surface area contributed by atoms with Gasteiger partial charge >= 0.3 is 0 Å². The van der Waals surface area contributed by atoms with E-state index in [9.17, 15) is 4.79 Å². The Kier molecular flexibility index (Phi) is 5.01. The number of rotatable bonds is 5. The highest BCUT2D eigenvalue weighted by atomic mass is 16.5. The summed E-state index contributed by atoms with van der Waals surface area (Å²) in [6.07, 6.45) is 1.98. The van der Waals surface area contributed by atoms with E-state index < -0.39 is 0 Å². The summed E-state index contributed by atoms with van der Waals surface area (Å²) in [6, 6.07) is 6.23. The van der Waals surface area contributed by atoms with E-state index in [1.807, 2.05) is 20.0 Å². The molecule has 1 aromatic rings. The van der Waals surface area contributed by atoms with Crippen molar-refractivity contribution in [2.75, 3.05) is 20.7 Å². The molecule has 0 bridgehead atoms. The van der Waals surface area contributed by atoms with Crippen LogP contribution in [0.3, 0.4) is 0 Å².